The molecule has 31 heavy (non-hydrogen) atoms. The number of sulfonamides is 1. The lowest BCUT2D eigenvalue weighted by atomic mass is 10.2. The Hall–Kier alpha value is -2.63. The molecule has 0 aromatic carbocycles. The lowest BCUT2D eigenvalue weighted by Gasteiger charge is -2.22. The normalized spacial score (nSPS) is 16.1. The van der Waals surface area contributed by atoms with E-state index < -0.39 is 21.4 Å². The van der Waals surface area contributed by atoms with Crippen molar-refractivity contribution in [3.8, 4) is 11.4 Å². The van der Waals surface area contributed by atoms with E-state index in [1.165, 1.54) is 26.4 Å². The van der Waals surface area contributed by atoms with Crippen molar-refractivity contribution >= 4 is 27.6 Å². The first-order valence-corrected chi connectivity index (χ1v) is 11.6. The van der Waals surface area contributed by atoms with Crippen LogP contribution in [0.15, 0.2) is 30.9 Å². The molecule has 0 bridgehead atoms. The van der Waals surface area contributed by atoms with Crippen LogP contribution in [-0.2, 0) is 14.8 Å². The van der Waals surface area contributed by atoms with Gasteiger partial charge < -0.3 is 4.74 Å². The van der Waals surface area contributed by atoms with Gasteiger partial charge in [0.2, 0.25) is 16.0 Å². The Morgan fingerprint density at radius 2 is 1.90 bits per heavy atom. The zero-order chi connectivity index (χ0) is 22.2. The molecule has 0 saturated heterocycles. The maximum atomic E-state index is 13.2. The topological polar surface area (TPSA) is 125 Å². The first-order valence-electron chi connectivity index (χ1n) is 9.69. The Labute approximate surface area is 185 Å². The fourth-order valence-corrected chi connectivity index (χ4v) is 4.51. The second-order valence-corrected chi connectivity index (χ2v) is 9.94. The molecular formula is C19H22ClN7O3S. The molecule has 1 aliphatic carbocycles. The number of ether oxygens (including phenoxy) is 1. The van der Waals surface area contributed by atoms with E-state index in [1.807, 2.05) is 17.6 Å². The smallest absolute Gasteiger partial charge is 0.240 e. The number of methoxy groups -OCH3 is 1. The van der Waals surface area contributed by atoms with Crippen LogP contribution >= 0.6 is 11.6 Å². The molecule has 12 heteroatoms. The van der Waals surface area contributed by atoms with Crippen LogP contribution in [0, 0.1) is 6.92 Å². The summed E-state index contributed by atoms with van der Waals surface area (Å²) in [7, 11) is -2.51. The van der Waals surface area contributed by atoms with Crippen LogP contribution in [0.2, 0.25) is 5.02 Å². The summed E-state index contributed by atoms with van der Waals surface area (Å²) in [5.41, 5.74) is 1.76. The van der Waals surface area contributed by atoms with Crippen molar-refractivity contribution in [3.63, 3.8) is 0 Å². The van der Waals surface area contributed by atoms with Gasteiger partial charge in [-0.3, -0.25) is 14.3 Å². The lowest BCUT2D eigenvalue weighted by Crippen LogP contribution is -2.33. The number of hydrogen-bond acceptors (Lipinski definition) is 8. The van der Waals surface area contributed by atoms with Crippen LogP contribution in [0.5, 0.6) is 0 Å². The first-order chi connectivity index (χ1) is 14.8. The van der Waals surface area contributed by atoms with Crippen LogP contribution in [-0.4, -0.2) is 50.5 Å². The van der Waals surface area contributed by atoms with E-state index in [0.717, 1.165) is 24.0 Å². The van der Waals surface area contributed by atoms with Crippen molar-refractivity contribution in [2.45, 2.75) is 44.1 Å². The number of hydrogen-bond donors (Lipinski definition) is 1. The number of anilines is 1. The van der Waals surface area contributed by atoms with Crippen LogP contribution in [0.25, 0.3) is 11.4 Å². The van der Waals surface area contributed by atoms with E-state index >= 15 is 0 Å². The predicted molar refractivity (Wildman–Crippen MR) is 115 cm³/mol. The van der Waals surface area contributed by atoms with Gasteiger partial charge in [0, 0.05) is 43.5 Å². The Bertz CT molecular complexity index is 1180. The second kappa shape index (κ2) is 8.48. The molecule has 10 nitrogen and oxygen atoms in total. The maximum absolute atomic E-state index is 13.2. The van der Waals surface area contributed by atoms with Gasteiger partial charge in [0.05, 0.1) is 5.02 Å². The van der Waals surface area contributed by atoms with Crippen LogP contribution in [0.4, 0.5) is 5.95 Å². The minimum atomic E-state index is -3.92. The van der Waals surface area contributed by atoms with Crippen LogP contribution in [0.1, 0.15) is 43.3 Å². The molecule has 3 aromatic rings. The first kappa shape index (κ1) is 21.6. The Balaban J connectivity index is 1.64. The molecule has 1 saturated carbocycles. The average Bonchev–Trinajstić information content (AvgIpc) is 3.50. The number of pyridine rings is 1. The molecule has 1 fully saturated rings. The van der Waals surface area contributed by atoms with Crippen molar-refractivity contribution in [3.05, 3.63) is 47.3 Å². The molecule has 0 aliphatic heterocycles. The summed E-state index contributed by atoms with van der Waals surface area (Å²) < 4.78 is 36.1. The summed E-state index contributed by atoms with van der Waals surface area (Å²) >= 11 is 5.83. The summed E-state index contributed by atoms with van der Waals surface area (Å²) in [6.45, 7) is 3.46. The molecule has 3 aromatic heterocycles. The van der Waals surface area contributed by atoms with Crippen molar-refractivity contribution in [1.82, 2.24) is 29.7 Å². The molecule has 2 atom stereocenters. The Morgan fingerprint density at radius 1 is 1.19 bits per heavy atom. The number of rotatable bonds is 8. The third-order valence-electron chi connectivity index (χ3n) is 5.04. The number of aromatic nitrogens is 6. The number of halogens is 1. The number of nitrogens with one attached hydrogen (secondary N) is 1. The summed E-state index contributed by atoms with van der Waals surface area (Å²) in [6.07, 6.45) is 7.18. The summed E-state index contributed by atoms with van der Waals surface area (Å²) in [6, 6.07) is 2.08. The zero-order valence-electron chi connectivity index (χ0n) is 17.2. The van der Waals surface area contributed by atoms with Gasteiger partial charge in [0.1, 0.15) is 11.4 Å². The van der Waals surface area contributed by atoms with E-state index in [4.69, 9.17) is 16.3 Å². The SMILES string of the molecule is CO[C@H](c1ncc(Cl)cn1)[C@H](C)S(=O)(=O)Nc1nnc(-c2cncc(C)c2)n1C1CC1. The third kappa shape index (κ3) is 4.53. The maximum Gasteiger partial charge on any atom is 0.240 e. The standard InChI is InChI=1S/C19H22ClN7O3S/c1-11-6-13(8-21-7-11)18-24-25-19(27(18)15-4-5-15)26-31(28,29)12(2)16(30-3)17-22-9-14(20)10-23-17/h6-10,12,15-16H,4-5H2,1-3H3,(H,25,26)/t12-,16-/m0/s1. The zero-order valence-corrected chi connectivity index (χ0v) is 18.8. The largest absolute Gasteiger partial charge is 0.372 e. The fraction of sp³-hybridized carbons (Fsp3) is 0.421. The van der Waals surface area contributed by atoms with Crippen LogP contribution in [0.3, 0.4) is 0 Å². The van der Waals surface area contributed by atoms with Gasteiger partial charge >= 0.3 is 0 Å². The van der Waals surface area contributed by atoms with E-state index in [0.29, 0.717) is 10.8 Å². The highest BCUT2D eigenvalue weighted by molar-refractivity contribution is 7.93. The molecular weight excluding hydrogens is 442 g/mol. The highest BCUT2D eigenvalue weighted by Crippen LogP contribution is 2.40. The molecule has 4 rings (SSSR count). The van der Waals surface area contributed by atoms with Gasteiger partial charge in [-0.2, -0.15) is 0 Å². The lowest BCUT2D eigenvalue weighted by molar-refractivity contribution is 0.0950. The van der Waals surface area contributed by atoms with E-state index in [1.54, 1.807) is 12.4 Å². The summed E-state index contributed by atoms with van der Waals surface area (Å²) in [5.74, 6) is 0.964. The summed E-state index contributed by atoms with van der Waals surface area (Å²) in [4.78, 5) is 12.4. The summed E-state index contributed by atoms with van der Waals surface area (Å²) in [5, 5.41) is 7.71. The van der Waals surface area contributed by atoms with Gasteiger partial charge in [-0.05, 0) is 38.3 Å². The monoisotopic (exact) mass is 463 g/mol. The van der Waals surface area contributed by atoms with Crippen molar-refractivity contribution in [2.24, 2.45) is 0 Å². The molecule has 1 N–H and O–H groups in total. The molecule has 0 radical (unpaired) electrons. The van der Waals surface area contributed by atoms with E-state index in [9.17, 15) is 8.42 Å². The van der Waals surface area contributed by atoms with Gasteiger partial charge in [-0.1, -0.05) is 11.6 Å². The average molecular weight is 464 g/mol. The molecule has 0 amide bonds. The van der Waals surface area contributed by atoms with E-state index in [2.05, 4.69) is 29.9 Å². The van der Waals surface area contributed by atoms with Crippen molar-refractivity contribution in [1.29, 1.82) is 0 Å². The predicted octanol–water partition coefficient (Wildman–Crippen LogP) is 2.94. The minimum Gasteiger partial charge on any atom is -0.372 e. The molecule has 0 unspecified atom stereocenters. The van der Waals surface area contributed by atoms with Crippen molar-refractivity contribution < 1.29 is 13.2 Å². The molecule has 3 heterocycles. The Morgan fingerprint density at radius 3 is 2.52 bits per heavy atom. The number of nitrogens with zero attached hydrogens (tertiary/aromatic N) is 6. The van der Waals surface area contributed by atoms with Crippen LogP contribution < -0.4 is 4.72 Å². The highest BCUT2D eigenvalue weighted by atomic mass is 35.5. The third-order valence-corrected chi connectivity index (χ3v) is 6.93. The van der Waals surface area contributed by atoms with Gasteiger partial charge in [0.25, 0.3) is 0 Å². The highest BCUT2D eigenvalue weighted by Gasteiger charge is 2.36. The minimum absolute atomic E-state index is 0.135. The second-order valence-electron chi connectivity index (χ2n) is 7.47. The number of aryl methyl sites for hydroxylation is 1. The molecule has 0 spiro atoms. The Kier molecular flexibility index (Phi) is 5.91. The fourth-order valence-electron chi connectivity index (χ4n) is 3.27. The van der Waals surface area contributed by atoms with E-state index in [-0.39, 0.29) is 17.8 Å². The quantitative estimate of drug-likeness (QED) is 0.540. The van der Waals surface area contributed by atoms with Crippen molar-refractivity contribution in [2.75, 3.05) is 11.8 Å². The molecule has 1 aliphatic rings. The van der Waals surface area contributed by atoms with Gasteiger partial charge in [0.15, 0.2) is 11.6 Å². The molecule has 164 valence electrons. The van der Waals surface area contributed by atoms with Gasteiger partial charge in [-0.25, -0.2) is 18.4 Å². The van der Waals surface area contributed by atoms with Gasteiger partial charge in [-0.15, -0.1) is 10.2 Å².